The Bertz CT molecular complexity index is 564. The third kappa shape index (κ3) is 5.33. The molecule has 1 aromatic carbocycles. The Balaban J connectivity index is 0.00000220. The van der Waals surface area contributed by atoms with Crippen LogP contribution in [0.5, 0.6) is 0 Å². The zero-order chi connectivity index (χ0) is 14.4. The summed E-state index contributed by atoms with van der Waals surface area (Å²) >= 11 is 0. The minimum absolute atomic E-state index is 0. The molecule has 1 N–H and O–H groups in total. The van der Waals surface area contributed by atoms with Gasteiger partial charge in [-0.1, -0.05) is 30.3 Å². The average Bonchev–Trinajstić information content (AvgIpc) is 2.85. The molecule has 7 heteroatoms. The molecule has 114 valence electrons. The Kier molecular flexibility index (Phi) is 7.13. The van der Waals surface area contributed by atoms with Crippen molar-refractivity contribution in [3.63, 3.8) is 0 Å². The summed E-state index contributed by atoms with van der Waals surface area (Å²) in [7, 11) is 5.81. The largest absolute Gasteiger partial charge is 0.349 e. The monoisotopic (exact) mass is 400 g/mol. The summed E-state index contributed by atoms with van der Waals surface area (Å²) in [4.78, 5) is 10.7. The molecule has 2 rings (SSSR count). The predicted molar refractivity (Wildman–Crippen MR) is 94.5 cm³/mol. The second-order valence-electron chi connectivity index (χ2n) is 4.67. The highest BCUT2D eigenvalue weighted by atomic mass is 127. The molecule has 0 aliphatic rings. The molecule has 0 unspecified atom stereocenters. The minimum atomic E-state index is 0. The summed E-state index contributed by atoms with van der Waals surface area (Å²) in [5.74, 6) is 1.70. The van der Waals surface area contributed by atoms with Gasteiger partial charge in [0.15, 0.2) is 5.96 Å². The number of aryl methyl sites for hydroxylation is 1. The molecule has 0 saturated carbocycles. The summed E-state index contributed by atoms with van der Waals surface area (Å²) < 4.78 is 1.75. The van der Waals surface area contributed by atoms with Gasteiger partial charge in [-0.3, -0.25) is 4.68 Å². The van der Waals surface area contributed by atoms with E-state index in [2.05, 4.69) is 32.5 Å². The number of nitrogens with zero attached hydrogens (tertiary/aromatic N) is 5. The van der Waals surface area contributed by atoms with Gasteiger partial charge in [0, 0.05) is 21.1 Å². The molecule has 0 aliphatic heterocycles. The highest BCUT2D eigenvalue weighted by molar-refractivity contribution is 14.0. The SMILES string of the molecule is CN(C)C(=NCc1ccccc1)NCc1ncnn1C.I. The van der Waals surface area contributed by atoms with E-state index < -0.39 is 0 Å². The lowest BCUT2D eigenvalue weighted by Crippen LogP contribution is -2.36. The molecule has 0 bridgehead atoms. The van der Waals surface area contributed by atoms with Crippen molar-refractivity contribution in [3.8, 4) is 0 Å². The first-order chi connectivity index (χ1) is 9.66. The van der Waals surface area contributed by atoms with E-state index >= 15 is 0 Å². The van der Waals surface area contributed by atoms with Gasteiger partial charge >= 0.3 is 0 Å². The molecular formula is C14H21IN6. The Labute approximate surface area is 142 Å². The number of benzene rings is 1. The Hall–Kier alpha value is -1.64. The zero-order valence-corrected chi connectivity index (χ0v) is 14.9. The lowest BCUT2D eigenvalue weighted by molar-refractivity contribution is 0.568. The summed E-state index contributed by atoms with van der Waals surface area (Å²) in [5.41, 5.74) is 1.19. The van der Waals surface area contributed by atoms with Crippen molar-refractivity contribution < 1.29 is 0 Å². The quantitative estimate of drug-likeness (QED) is 0.482. The van der Waals surface area contributed by atoms with Gasteiger partial charge in [-0.05, 0) is 5.56 Å². The number of nitrogens with one attached hydrogen (secondary N) is 1. The number of hydrogen-bond donors (Lipinski definition) is 1. The maximum atomic E-state index is 4.60. The fourth-order valence-corrected chi connectivity index (χ4v) is 1.74. The van der Waals surface area contributed by atoms with Crippen LogP contribution in [0, 0.1) is 0 Å². The molecule has 0 radical (unpaired) electrons. The van der Waals surface area contributed by atoms with E-state index in [9.17, 15) is 0 Å². The summed E-state index contributed by atoms with van der Waals surface area (Å²) in [6, 6.07) is 10.2. The van der Waals surface area contributed by atoms with Crippen LogP contribution in [-0.4, -0.2) is 39.7 Å². The first-order valence-electron chi connectivity index (χ1n) is 6.49. The minimum Gasteiger partial charge on any atom is -0.349 e. The summed E-state index contributed by atoms with van der Waals surface area (Å²) in [6.45, 7) is 1.25. The van der Waals surface area contributed by atoms with Gasteiger partial charge in [-0.2, -0.15) is 5.10 Å². The molecule has 1 heterocycles. The van der Waals surface area contributed by atoms with Gasteiger partial charge in [0.2, 0.25) is 0 Å². The van der Waals surface area contributed by atoms with Crippen molar-refractivity contribution in [2.75, 3.05) is 14.1 Å². The second-order valence-corrected chi connectivity index (χ2v) is 4.67. The number of hydrogen-bond acceptors (Lipinski definition) is 3. The average molecular weight is 400 g/mol. The fraction of sp³-hybridized carbons (Fsp3) is 0.357. The zero-order valence-electron chi connectivity index (χ0n) is 12.5. The molecule has 0 aliphatic carbocycles. The van der Waals surface area contributed by atoms with Gasteiger partial charge in [-0.15, -0.1) is 24.0 Å². The molecule has 1 aromatic heterocycles. The lowest BCUT2D eigenvalue weighted by Gasteiger charge is -2.17. The van der Waals surface area contributed by atoms with E-state index in [4.69, 9.17) is 0 Å². The molecule has 6 nitrogen and oxygen atoms in total. The summed E-state index contributed by atoms with van der Waals surface area (Å²) in [6.07, 6.45) is 1.55. The van der Waals surface area contributed by atoms with Gasteiger partial charge in [-0.25, -0.2) is 9.98 Å². The second kappa shape index (κ2) is 8.60. The van der Waals surface area contributed by atoms with E-state index in [1.54, 1.807) is 11.0 Å². The van der Waals surface area contributed by atoms with Crippen LogP contribution in [-0.2, 0) is 20.1 Å². The van der Waals surface area contributed by atoms with Crippen LogP contribution in [0.25, 0.3) is 0 Å². The molecule has 0 amide bonds. The van der Waals surface area contributed by atoms with Gasteiger partial charge in [0.05, 0.1) is 13.1 Å². The number of aromatic nitrogens is 3. The molecule has 0 spiro atoms. The molecule has 0 fully saturated rings. The van der Waals surface area contributed by atoms with E-state index in [0.717, 1.165) is 11.8 Å². The van der Waals surface area contributed by atoms with Crippen molar-refractivity contribution >= 4 is 29.9 Å². The van der Waals surface area contributed by atoms with Crippen molar-refractivity contribution in [3.05, 3.63) is 48.0 Å². The number of halogens is 1. The summed E-state index contributed by atoms with van der Waals surface area (Å²) in [5, 5.41) is 7.33. The van der Waals surface area contributed by atoms with Crippen molar-refractivity contribution in [1.82, 2.24) is 25.0 Å². The van der Waals surface area contributed by atoms with Crippen LogP contribution >= 0.6 is 24.0 Å². The molecule has 0 saturated heterocycles. The van der Waals surface area contributed by atoms with Crippen LogP contribution < -0.4 is 5.32 Å². The van der Waals surface area contributed by atoms with Crippen molar-refractivity contribution in [1.29, 1.82) is 0 Å². The number of rotatable bonds is 4. The highest BCUT2D eigenvalue weighted by Gasteiger charge is 2.04. The van der Waals surface area contributed by atoms with Crippen LogP contribution in [0.2, 0.25) is 0 Å². The number of aliphatic imine (C=N–C) groups is 1. The molecular weight excluding hydrogens is 379 g/mol. The third-order valence-electron chi connectivity index (χ3n) is 2.89. The standard InChI is InChI=1S/C14H20N6.HI/c1-19(2)14(15-9-12-7-5-4-6-8-12)16-10-13-17-11-18-20(13)3;/h4-8,11H,9-10H2,1-3H3,(H,15,16);1H. The highest BCUT2D eigenvalue weighted by Crippen LogP contribution is 2.01. The van der Waals surface area contributed by atoms with E-state index in [1.807, 2.05) is 44.2 Å². The van der Waals surface area contributed by atoms with Crippen LogP contribution in [0.1, 0.15) is 11.4 Å². The molecule has 0 atom stereocenters. The number of guanidine groups is 1. The van der Waals surface area contributed by atoms with Gasteiger partial charge in [0.25, 0.3) is 0 Å². The van der Waals surface area contributed by atoms with Gasteiger partial charge < -0.3 is 10.2 Å². The lowest BCUT2D eigenvalue weighted by atomic mass is 10.2. The van der Waals surface area contributed by atoms with Crippen LogP contribution in [0.3, 0.4) is 0 Å². The predicted octanol–water partition coefficient (Wildman–Crippen LogP) is 1.64. The topological polar surface area (TPSA) is 58.3 Å². The van der Waals surface area contributed by atoms with Crippen molar-refractivity contribution in [2.24, 2.45) is 12.0 Å². The maximum Gasteiger partial charge on any atom is 0.194 e. The first kappa shape index (κ1) is 17.4. The van der Waals surface area contributed by atoms with Crippen molar-refractivity contribution in [2.45, 2.75) is 13.1 Å². The van der Waals surface area contributed by atoms with E-state index in [1.165, 1.54) is 5.56 Å². The normalized spacial score (nSPS) is 10.9. The maximum absolute atomic E-state index is 4.60. The van der Waals surface area contributed by atoms with Gasteiger partial charge in [0.1, 0.15) is 12.2 Å². The third-order valence-corrected chi connectivity index (χ3v) is 2.89. The Morgan fingerprint density at radius 1 is 1.29 bits per heavy atom. The fourth-order valence-electron chi connectivity index (χ4n) is 1.74. The van der Waals surface area contributed by atoms with E-state index in [0.29, 0.717) is 13.1 Å². The molecule has 21 heavy (non-hydrogen) atoms. The van der Waals surface area contributed by atoms with E-state index in [-0.39, 0.29) is 24.0 Å². The van der Waals surface area contributed by atoms with Crippen LogP contribution in [0.15, 0.2) is 41.7 Å². The smallest absolute Gasteiger partial charge is 0.194 e. The Morgan fingerprint density at radius 2 is 2.00 bits per heavy atom. The molecule has 2 aromatic rings. The van der Waals surface area contributed by atoms with Crippen LogP contribution in [0.4, 0.5) is 0 Å². The first-order valence-corrected chi connectivity index (χ1v) is 6.49. The Morgan fingerprint density at radius 3 is 2.57 bits per heavy atom.